The minimum Gasteiger partial charge on any atom is -0.349 e. The maximum absolute atomic E-state index is 13.1. The standard InChI is InChI=1S/C14H18ClFN2O/c1-8-3-4-11(5-9(8)2)18-14(19)12-6-10(16)7-17-13(12)15/h6-9,11H,3-5H2,1-2H3,(H,18,19). The van der Waals surface area contributed by atoms with Crippen LogP contribution in [-0.2, 0) is 0 Å². The van der Waals surface area contributed by atoms with Crippen LogP contribution in [0.15, 0.2) is 12.3 Å². The van der Waals surface area contributed by atoms with Crippen molar-refractivity contribution in [2.75, 3.05) is 0 Å². The van der Waals surface area contributed by atoms with E-state index in [0.29, 0.717) is 11.8 Å². The molecule has 3 atom stereocenters. The molecule has 1 heterocycles. The lowest BCUT2D eigenvalue weighted by molar-refractivity contribution is 0.0910. The molecule has 0 radical (unpaired) electrons. The molecule has 0 bridgehead atoms. The van der Waals surface area contributed by atoms with Gasteiger partial charge in [-0.3, -0.25) is 4.79 Å². The van der Waals surface area contributed by atoms with Crippen molar-refractivity contribution in [3.05, 3.63) is 28.8 Å². The third kappa shape index (κ3) is 3.44. The fourth-order valence-electron chi connectivity index (χ4n) is 2.52. The van der Waals surface area contributed by atoms with Crippen molar-refractivity contribution in [3.63, 3.8) is 0 Å². The Kier molecular flexibility index (Phi) is 4.40. The summed E-state index contributed by atoms with van der Waals surface area (Å²) in [6.07, 6.45) is 4.01. The molecule has 1 aromatic rings. The number of hydrogen-bond acceptors (Lipinski definition) is 2. The normalized spacial score (nSPS) is 27.1. The van der Waals surface area contributed by atoms with Crippen molar-refractivity contribution in [1.82, 2.24) is 10.3 Å². The van der Waals surface area contributed by atoms with Gasteiger partial charge in [-0.2, -0.15) is 0 Å². The van der Waals surface area contributed by atoms with E-state index in [-0.39, 0.29) is 22.7 Å². The molecule has 0 saturated heterocycles. The molecule has 1 fully saturated rings. The highest BCUT2D eigenvalue weighted by Crippen LogP contribution is 2.29. The summed E-state index contributed by atoms with van der Waals surface area (Å²) in [4.78, 5) is 15.7. The molecule has 1 amide bonds. The highest BCUT2D eigenvalue weighted by Gasteiger charge is 2.26. The molecule has 1 aliphatic carbocycles. The quantitative estimate of drug-likeness (QED) is 0.846. The second-order valence-corrected chi connectivity index (χ2v) is 5.79. The number of nitrogens with one attached hydrogen (secondary N) is 1. The van der Waals surface area contributed by atoms with Crippen LogP contribution in [0.2, 0.25) is 5.15 Å². The van der Waals surface area contributed by atoms with Gasteiger partial charge in [0.1, 0.15) is 11.0 Å². The van der Waals surface area contributed by atoms with Crippen LogP contribution < -0.4 is 5.32 Å². The fraction of sp³-hybridized carbons (Fsp3) is 0.571. The van der Waals surface area contributed by atoms with Crippen LogP contribution in [0, 0.1) is 17.7 Å². The maximum atomic E-state index is 13.1. The van der Waals surface area contributed by atoms with E-state index >= 15 is 0 Å². The molecule has 0 aromatic carbocycles. The van der Waals surface area contributed by atoms with Gasteiger partial charge in [0.25, 0.3) is 5.91 Å². The molecule has 1 N–H and O–H groups in total. The number of rotatable bonds is 2. The van der Waals surface area contributed by atoms with E-state index in [2.05, 4.69) is 24.1 Å². The number of halogens is 2. The zero-order valence-corrected chi connectivity index (χ0v) is 11.9. The molecule has 1 aromatic heterocycles. The molecule has 3 unspecified atom stereocenters. The van der Waals surface area contributed by atoms with E-state index in [4.69, 9.17) is 11.6 Å². The first-order valence-corrected chi connectivity index (χ1v) is 6.97. The van der Waals surface area contributed by atoms with Gasteiger partial charge in [-0.15, -0.1) is 0 Å². The average molecular weight is 285 g/mol. The largest absolute Gasteiger partial charge is 0.349 e. The van der Waals surface area contributed by atoms with Crippen LogP contribution in [-0.4, -0.2) is 16.9 Å². The number of carbonyl (C=O) groups excluding carboxylic acids is 1. The lowest BCUT2D eigenvalue weighted by Crippen LogP contribution is -2.40. The summed E-state index contributed by atoms with van der Waals surface area (Å²) in [6, 6.07) is 1.26. The van der Waals surface area contributed by atoms with Crippen LogP contribution in [0.3, 0.4) is 0 Å². The second kappa shape index (κ2) is 5.87. The van der Waals surface area contributed by atoms with E-state index in [1.807, 2.05) is 0 Å². The number of pyridine rings is 1. The molecule has 5 heteroatoms. The van der Waals surface area contributed by atoms with Crippen LogP contribution in [0.4, 0.5) is 4.39 Å². The number of aromatic nitrogens is 1. The Balaban J connectivity index is 2.03. The smallest absolute Gasteiger partial charge is 0.254 e. The van der Waals surface area contributed by atoms with Crippen LogP contribution >= 0.6 is 11.6 Å². The van der Waals surface area contributed by atoms with E-state index in [1.54, 1.807) is 0 Å². The summed E-state index contributed by atoms with van der Waals surface area (Å²) in [7, 11) is 0. The number of amides is 1. The fourth-order valence-corrected chi connectivity index (χ4v) is 2.71. The molecular weight excluding hydrogens is 267 g/mol. The number of nitrogens with zero attached hydrogens (tertiary/aromatic N) is 1. The van der Waals surface area contributed by atoms with Gasteiger partial charge in [-0.1, -0.05) is 25.4 Å². The lowest BCUT2D eigenvalue weighted by atomic mass is 9.79. The average Bonchev–Trinajstić information content (AvgIpc) is 2.36. The molecular formula is C14H18ClFN2O. The summed E-state index contributed by atoms with van der Waals surface area (Å²) >= 11 is 5.82. The van der Waals surface area contributed by atoms with Crippen LogP contribution in [0.25, 0.3) is 0 Å². The Morgan fingerprint density at radius 3 is 2.84 bits per heavy atom. The minimum atomic E-state index is -0.555. The summed E-state index contributed by atoms with van der Waals surface area (Å²) < 4.78 is 13.1. The molecule has 1 aliphatic rings. The van der Waals surface area contributed by atoms with E-state index in [0.717, 1.165) is 31.5 Å². The SMILES string of the molecule is CC1CCC(NC(=O)c2cc(F)cnc2Cl)CC1C. The van der Waals surface area contributed by atoms with Gasteiger partial charge in [-0.25, -0.2) is 9.37 Å². The van der Waals surface area contributed by atoms with Crippen LogP contribution in [0.5, 0.6) is 0 Å². The van der Waals surface area contributed by atoms with Gasteiger partial charge in [0.15, 0.2) is 0 Å². The van der Waals surface area contributed by atoms with Gasteiger partial charge >= 0.3 is 0 Å². The highest BCUT2D eigenvalue weighted by molar-refractivity contribution is 6.32. The van der Waals surface area contributed by atoms with Crippen LogP contribution in [0.1, 0.15) is 43.5 Å². The summed E-state index contributed by atoms with van der Waals surface area (Å²) in [5.74, 6) is 0.372. The Morgan fingerprint density at radius 1 is 1.42 bits per heavy atom. The first-order valence-electron chi connectivity index (χ1n) is 6.59. The zero-order chi connectivity index (χ0) is 14.0. The third-order valence-corrected chi connectivity index (χ3v) is 4.28. The summed E-state index contributed by atoms with van der Waals surface area (Å²) in [5.41, 5.74) is 0.105. The number of hydrogen-bond donors (Lipinski definition) is 1. The van der Waals surface area contributed by atoms with Gasteiger partial charge in [0, 0.05) is 6.04 Å². The van der Waals surface area contributed by atoms with Crippen molar-refractivity contribution in [2.24, 2.45) is 11.8 Å². The van der Waals surface area contributed by atoms with Crippen molar-refractivity contribution in [2.45, 2.75) is 39.2 Å². The third-order valence-electron chi connectivity index (χ3n) is 3.98. The van der Waals surface area contributed by atoms with Gasteiger partial charge in [-0.05, 0) is 37.2 Å². The lowest BCUT2D eigenvalue weighted by Gasteiger charge is -2.32. The molecule has 1 saturated carbocycles. The minimum absolute atomic E-state index is 0.0381. The van der Waals surface area contributed by atoms with Gasteiger partial charge in [0.2, 0.25) is 0 Å². The zero-order valence-electron chi connectivity index (χ0n) is 11.1. The van der Waals surface area contributed by atoms with E-state index in [9.17, 15) is 9.18 Å². The predicted molar refractivity (Wildman–Crippen MR) is 72.6 cm³/mol. The molecule has 3 nitrogen and oxygen atoms in total. The van der Waals surface area contributed by atoms with Crippen molar-refractivity contribution >= 4 is 17.5 Å². The van der Waals surface area contributed by atoms with Gasteiger partial charge < -0.3 is 5.32 Å². The molecule has 2 rings (SSSR count). The summed E-state index contributed by atoms with van der Waals surface area (Å²) in [6.45, 7) is 4.43. The first kappa shape index (κ1) is 14.3. The van der Waals surface area contributed by atoms with E-state index < -0.39 is 5.82 Å². The van der Waals surface area contributed by atoms with Crippen molar-refractivity contribution in [1.29, 1.82) is 0 Å². The van der Waals surface area contributed by atoms with Crippen molar-refractivity contribution in [3.8, 4) is 0 Å². The Hall–Kier alpha value is -1.16. The first-order chi connectivity index (χ1) is 8.97. The molecule has 19 heavy (non-hydrogen) atoms. The number of carbonyl (C=O) groups is 1. The monoisotopic (exact) mass is 284 g/mol. The van der Waals surface area contributed by atoms with Gasteiger partial charge in [0.05, 0.1) is 11.8 Å². The molecule has 104 valence electrons. The summed E-state index contributed by atoms with van der Waals surface area (Å²) in [5, 5.41) is 2.96. The second-order valence-electron chi connectivity index (χ2n) is 5.43. The van der Waals surface area contributed by atoms with Crippen molar-refractivity contribution < 1.29 is 9.18 Å². The molecule has 0 spiro atoms. The predicted octanol–water partition coefficient (Wildman–Crippen LogP) is 3.43. The maximum Gasteiger partial charge on any atom is 0.254 e. The highest BCUT2D eigenvalue weighted by atomic mass is 35.5. The van der Waals surface area contributed by atoms with E-state index in [1.165, 1.54) is 0 Å². The Morgan fingerprint density at radius 2 is 2.16 bits per heavy atom. The topological polar surface area (TPSA) is 42.0 Å². The molecule has 0 aliphatic heterocycles. The Labute approximate surface area is 117 Å². The Bertz CT molecular complexity index is 481.